The van der Waals surface area contributed by atoms with Crippen molar-refractivity contribution in [2.24, 2.45) is 5.92 Å². The Kier molecular flexibility index (Phi) is 11.5. The molecule has 0 aromatic heterocycles. The summed E-state index contributed by atoms with van der Waals surface area (Å²) in [6, 6.07) is 3.41. The van der Waals surface area contributed by atoms with Gasteiger partial charge in [-0.25, -0.2) is 0 Å². The predicted octanol–water partition coefficient (Wildman–Crippen LogP) is 6.29. The van der Waals surface area contributed by atoms with Crippen LogP contribution in [0.4, 0.5) is 0 Å². The monoisotopic (exact) mass is 394 g/mol. The Labute approximate surface area is 169 Å². The smallest absolute Gasteiger partial charge is 0.192 e. The first kappa shape index (κ1) is 24.4. The van der Waals surface area contributed by atoms with Crippen LogP contribution in [0.5, 0.6) is 0 Å². The highest BCUT2D eigenvalue weighted by atomic mass is 28.4. The van der Waals surface area contributed by atoms with Gasteiger partial charge in [0, 0.05) is 13.0 Å². The average Bonchev–Trinajstić information content (AvgIpc) is 2.69. The van der Waals surface area contributed by atoms with E-state index in [0.717, 1.165) is 24.6 Å². The van der Waals surface area contributed by atoms with E-state index in [0.29, 0.717) is 12.5 Å². The molecule has 0 aromatic carbocycles. The van der Waals surface area contributed by atoms with Crippen LogP contribution in [0.25, 0.3) is 0 Å². The maximum absolute atomic E-state index is 6.90. The minimum absolute atomic E-state index is 0.0226. The van der Waals surface area contributed by atoms with Gasteiger partial charge in [-0.05, 0) is 37.0 Å². The van der Waals surface area contributed by atoms with Gasteiger partial charge in [0.05, 0.1) is 12.7 Å². The minimum atomic E-state index is -1.75. The molecule has 0 aliphatic carbocycles. The van der Waals surface area contributed by atoms with Gasteiger partial charge < -0.3 is 13.9 Å². The molecule has 4 heteroatoms. The summed E-state index contributed by atoms with van der Waals surface area (Å²) in [6.07, 6.45) is 13.0. The van der Waals surface area contributed by atoms with E-state index in [1.165, 1.54) is 12.0 Å². The Morgan fingerprint density at radius 1 is 1.04 bits per heavy atom. The second-order valence-corrected chi connectivity index (χ2v) is 12.5. The summed E-state index contributed by atoms with van der Waals surface area (Å²) in [4.78, 5) is 0. The molecule has 0 aromatic rings. The molecule has 0 unspecified atom stereocenters. The van der Waals surface area contributed by atoms with E-state index in [9.17, 15) is 0 Å². The predicted molar refractivity (Wildman–Crippen MR) is 119 cm³/mol. The Balaban J connectivity index is 3.02. The van der Waals surface area contributed by atoms with Crippen molar-refractivity contribution in [2.45, 2.75) is 90.8 Å². The van der Waals surface area contributed by atoms with Crippen molar-refractivity contribution >= 4 is 8.32 Å². The summed E-state index contributed by atoms with van der Waals surface area (Å²) in [5.74, 6) is 0.342. The van der Waals surface area contributed by atoms with Gasteiger partial charge in [-0.15, -0.1) is 0 Å². The normalized spacial score (nSPS) is 27.7. The van der Waals surface area contributed by atoms with Crippen molar-refractivity contribution in [1.29, 1.82) is 0 Å². The second-order valence-electron chi connectivity index (χ2n) is 7.77. The van der Waals surface area contributed by atoms with Crippen LogP contribution in [-0.2, 0) is 13.9 Å². The number of unbranched alkanes of at least 4 members (excludes halogenated alkanes) is 1. The first-order chi connectivity index (χ1) is 13.0. The van der Waals surface area contributed by atoms with Gasteiger partial charge >= 0.3 is 0 Å². The first-order valence-corrected chi connectivity index (χ1v) is 13.3. The quantitative estimate of drug-likeness (QED) is 0.305. The molecule has 1 fully saturated rings. The van der Waals surface area contributed by atoms with Crippen molar-refractivity contribution in [2.75, 3.05) is 13.7 Å². The Hall–Kier alpha value is -0.683. The van der Waals surface area contributed by atoms with Gasteiger partial charge in [-0.3, -0.25) is 0 Å². The van der Waals surface area contributed by atoms with E-state index >= 15 is 0 Å². The first-order valence-electron chi connectivity index (χ1n) is 10.8. The molecular weight excluding hydrogens is 352 g/mol. The SMILES string of the molecule is CCC/C=C/C=C/C=C(\C)[C@@H]1OC[C@H](C)[C@H](OC)[C@H]1O[Si](CC)(CC)CC. The highest BCUT2D eigenvalue weighted by molar-refractivity contribution is 6.73. The van der Waals surface area contributed by atoms with Gasteiger partial charge in [0.15, 0.2) is 8.32 Å². The van der Waals surface area contributed by atoms with E-state index in [1.807, 2.05) is 7.11 Å². The van der Waals surface area contributed by atoms with E-state index < -0.39 is 8.32 Å². The van der Waals surface area contributed by atoms with Crippen LogP contribution in [0.1, 0.15) is 54.4 Å². The molecule has 0 spiro atoms. The number of hydrogen-bond acceptors (Lipinski definition) is 3. The molecule has 1 aliphatic rings. The summed E-state index contributed by atoms with van der Waals surface area (Å²) in [6.45, 7) is 14.1. The van der Waals surface area contributed by atoms with Crippen LogP contribution in [0.15, 0.2) is 36.0 Å². The topological polar surface area (TPSA) is 27.7 Å². The van der Waals surface area contributed by atoms with Crippen molar-refractivity contribution < 1.29 is 13.9 Å². The molecule has 1 aliphatic heterocycles. The standard InChI is InChI=1S/C23H42O3Si/c1-8-12-13-14-15-16-17-19(5)22-23(21(24-7)20(6)18-25-22)26-27(9-2,10-3)11-4/h13-17,20-23H,8-12,18H2,1-7H3/b14-13+,16-15+,19-17+/t20-,21-,22-,23+/m0/s1. The van der Waals surface area contributed by atoms with Gasteiger partial charge in [0.2, 0.25) is 0 Å². The summed E-state index contributed by atoms with van der Waals surface area (Å²) in [7, 11) is 0.0603. The third-order valence-corrected chi connectivity index (χ3v) is 10.6. The Bertz CT molecular complexity index is 486. The largest absolute Gasteiger partial charge is 0.408 e. The molecule has 1 rings (SSSR count). The maximum atomic E-state index is 6.90. The second kappa shape index (κ2) is 12.7. The molecule has 27 heavy (non-hydrogen) atoms. The lowest BCUT2D eigenvalue weighted by atomic mass is 9.90. The van der Waals surface area contributed by atoms with Crippen LogP contribution in [0, 0.1) is 5.92 Å². The van der Waals surface area contributed by atoms with Crippen LogP contribution < -0.4 is 0 Å². The summed E-state index contributed by atoms with van der Waals surface area (Å²) in [5.41, 5.74) is 1.21. The van der Waals surface area contributed by atoms with Crippen LogP contribution >= 0.6 is 0 Å². The molecule has 156 valence electrons. The lowest BCUT2D eigenvalue weighted by Gasteiger charge is -2.45. The maximum Gasteiger partial charge on any atom is 0.192 e. The number of hydrogen-bond donors (Lipinski definition) is 0. The summed E-state index contributed by atoms with van der Waals surface area (Å²) >= 11 is 0. The summed E-state index contributed by atoms with van der Waals surface area (Å²) < 4.78 is 19.1. The fourth-order valence-electron chi connectivity index (χ4n) is 3.82. The molecular formula is C23H42O3Si. The molecule has 0 radical (unpaired) electrons. The van der Waals surface area contributed by atoms with Gasteiger partial charge in [0.1, 0.15) is 12.2 Å². The van der Waals surface area contributed by atoms with Gasteiger partial charge in [-0.1, -0.05) is 71.4 Å². The molecule has 0 N–H and O–H groups in total. The molecule has 3 nitrogen and oxygen atoms in total. The van der Waals surface area contributed by atoms with Gasteiger partial charge in [0.25, 0.3) is 0 Å². The van der Waals surface area contributed by atoms with Crippen LogP contribution in [0.3, 0.4) is 0 Å². The lowest BCUT2D eigenvalue weighted by molar-refractivity contribution is -0.152. The Morgan fingerprint density at radius 2 is 1.70 bits per heavy atom. The Morgan fingerprint density at radius 3 is 2.26 bits per heavy atom. The third-order valence-electron chi connectivity index (χ3n) is 5.93. The van der Waals surface area contributed by atoms with Crippen molar-refractivity contribution in [3.05, 3.63) is 36.0 Å². The molecule has 4 atom stereocenters. The van der Waals surface area contributed by atoms with Crippen LogP contribution in [0.2, 0.25) is 18.1 Å². The van der Waals surface area contributed by atoms with Crippen molar-refractivity contribution in [3.63, 3.8) is 0 Å². The van der Waals surface area contributed by atoms with E-state index in [1.54, 1.807) is 0 Å². The highest BCUT2D eigenvalue weighted by Gasteiger charge is 2.44. The minimum Gasteiger partial charge on any atom is -0.408 e. The summed E-state index contributed by atoms with van der Waals surface area (Å²) in [5, 5.41) is 0. The molecule has 0 saturated carbocycles. The fourth-order valence-corrected chi connectivity index (χ4v) is 6.66. The zero-order valence-electron chi connectivity index (χ0n) is 18.7. The van der Waals surface area contributed by atoms with E-state index in [4.69, 9.17) is 13.9 Å². The van der Waals surface area contributed by atoms with Crippen molar-refractivity contribution in [3.8, 4) is 0 Å². The average molecular weight is 395 g/mol. The zero-order chi connectivity index (χ0) is 20.3. The zero-order valence-corrected chi connectivity index (χ0v) is 19.7. The number of methoxy groups -OCH3 is 1. The molecule has 1 saturated heterocycles. The number of allylic oxidation sites excluding steroid dienone is 5. The number of ether oxygens (including phenoxy) is 2. The van der Waals surface area contributed by atoms with Gasteiger partial charge in [-0.2, -0.15) is 0 Å². The highest BCUT2D eigenvalue weighted by Crippen LogP contribution is 2.34. The van der Waals surface area contributed by atoms with E-state index in [2.05, 4.69) is 71.9 Å². The van der Waals surface area contributed by atoms with E-state index in [-0.39, 0.29) is 18.3 Å². The molecule has 0 amide bonds. The van der Waals surface area contributed by atoms with Crippen LogP contribution in [-0.4, -0.2) is 40.3 Å². The van der Waals surface area contributed by atoms with Crippen molar-refractivity contribution in [1.82, 2.24) is 0 Å². The molecule has 1 heterocycles. The lowest BCUT2D eigenvalue weighted by Crippen LogP contribution is -2.56. The third kappa shape index (κ3) is 7.01. The molecule has 0 bridgehead atoms. The fraction of sp³-hybridized carbons (Fsp3) is 0.739. The number of rotatable bonds is 11.